The summed E-state index contributed by atoms with van der Waals surface area (Å²) in [5.41, 5.74) is 0.111. The Kier molecular flexibility index (Phi) is 5.81. The minimum Gasteiger partial charge on any atom is -0.491 e. The zero-order valence-electron chi connectivity index (χ0n) is 14.4. The second-order valence-electron chi connectivity index (χ2n) is 6.72. The number of hydrogen-bond acceptors (Lipinski definition) is 4. The Hall–Kier alpha value is -1.40. The van der Waals surface area contributed by atoms with Crippen molar-refractivity contribution < 1.29 is 18.3 Å². The van der Waals surface area contributed by atoms with Gasteiger partial charge in [-0.2, -0.15) is 0 Å². The molecule has 23 heavy (non-hydrogen) atoms. The molecule has 4 nitrogen and oxygen atoms in total. The third-order valence-corrected chi connectivity index (χ3v) is 4.09. The first kappa shape index (κ1) is 17.9. The summed E-state index contributed by atoms with van der Waals surface area (Å²) in [6.45, 7) is 9.87. The number of nitrogens with zero attached hydrogens (tertiary/aromatic N) is 2. The van der Waals surface area contributed by atoms with Gasteiger partial charge in [0.15, 0.2) is 11.6 Å². The van der Waals surface area contributed by atoms with Crippen LogP contribution in [0.15, 0.2) is 12.1 Å². The van der Waals surface area contributed by atoms with Gasteiger partial charge in [-0.15, -0.1) is 0 Å². The number of rotatable bonds is 5. The van der Waals surface area contributed by atoms with E-state index in [1.807, 2.05) is 0 Å². The third kappa shape index (κ3) is 4.54. The maximum atomic E-state index is 14.3. The van der Waals surface area contributed by atoms with E-state index in [1.54, 1.807) is 12.0 Å². The van der Waals surface area contributed by atoms with Crippen LogP contribution >= 0.6 is 0 Å². The summed E-state index contributed by atoms with van der Waals surface area (Å²) in [5.74, 6) is -0.975. The molecule has 130 valence electrons. The van der Waals surface area contributed by atoms with Crippen LogP contribution in [-0.4, -0.2) is 56.9 Å². The van der Waals surface area contributed by atoms with Crippen molar-refractivity contribution in [1.82, 2.24) is 4.90 Å². The quantitative estimate of drug-likeness (QED) is 0.776. The highest BCUT2D eigenvalue weighted by Crippen LogP contribution is 2.30. The van der Waals surface area contributed by atoms with Crippen LogP contribution in [0.2, 0.25) is 0 Å². The van der Waals surface area contributed by atoms with Gasteiger partial charge in [0.25, 0.3) is 0 Å². The van der Waals surface area contributed by atoms with Crippen molar-refractivity contribution in [3.8, 4) is 5.75 Å². The smallest absolute Gasteiger partial charge is 0.153 e. The SMILES string of the molecule is COCCOc1cc(F)c(N2CCN(C(C)(C)C)CC2)c(F)c1. The number of halogens is 2. The predicted molar refractivity (Wildman–Crippen MR) is 87.3 cm³/mol. The van der Waals surface area contributed by atoms with Gasteiger partial charge in [-0.05, 0) is 20.8 Å². The maximum Gasteiger partial charge on any atom is 0.153 e. The Labute approximate surface area is 137 Å². The van der Waals surface area contributed by atoms with Gasteiger partial charge in [0.1, 0.15) is 18.0 Å². The lowest BCUT2D eigenvalue weighted by atomic mass is 10.0. The van der Waals surface area contributed by atoms with Crippen LogP contribution < -0.4 is 9.64 Å². The zero-order valence-corrected chi connectivity index (χ0v) is 14.4. The van der Waals surface area contributed by atoms with Crippen molar-refractivity contribution in [2.24, 2.45) is 0 Å². The summed E-state index contributed by atoms with van der Waals surface area (Å²) in [7, 11) is 1.55. The van der Waals surface area contributed by atoms with Crippen molar-refractivity contribution in [2.75, 3.05) is 51.4 Å². The number of anilines is 1. The van der Waals surface area contributed by atoms with E-state index in [-0.39, 0.29) is 23.6 Å². The van der Waals surface area contributed by atoms with E-state index >= 15 is 0 Å². The molecule has 6 heteroatoms. The fourth-order valence-electron chi connectivity index (χ4n) is 2.77. The van der Waals surface area contributed by atoms with Gasteiger partial charge >= 0.3 is 0 Å². The zero-order chi connectivity index (χ0) is 17.0. The number of ether oxygens (including phenoxy) is 2. The van der Waals surface area contributed by atoms with Crippen molar-refractivity contribution in [3.63, 3.8) is 0 Å². The molecule has 0 saturated carbocycles. The molecule has 1 aliphatic rings. The summed E-state index contributed by atoms with van der Waals surface area (Å²) in [6, 6.07) is 2.48. The largest absolute Gasteiger partial charge is 0.491 e. The van der Waals surface area contributed by atoms with Gasteiger partial charge in [0, 0.05) is 51.0 Å². The monoisotopic (exact) mass is 328 g/mol. The third-order valence-electron chi connectivity index (χ3n) is 4.09. The molecule has 0 amide bonds. The van der Waals surface area contributed by atoms with E-state index in [9.17, 15) is 8.78 Å². The van der Waals surface area contributed by atoms with Crippen molar-refractivity contribution in [1.29, 1.82) is 0 Å². The highest BCUT2D eigenvalue weighted by atomic mass is 19.1. The van der Waals surface area contributed by atoms with E-state index in [2.05, 4.69) is 25.7 Å². The molecule has 1 aliphatic heterocycles. The molecule has 2 rings (SSSR count). The fraction of sp³-hybridized carbons (Fsp3) is 0.647. The molecule has 1 aromatic rings. The van der Waals surface area contributed by atoms with Gasteiger partial charge in [0.2, 0.25) is 0 Å². The van der Waals surface area contributed by atoms with E-state index < -0.39 is 11.6 Å². The summed E-state index contributed by atoms with van der Waals surface area (Å²) < 4.78 is 38.8. The van der Waals surface area contributed by atoms with Crippen molar-refractivity contribution in [2.45, 2.75) is 26.3 Å². The lowest BCUT2D eigenvalue weighted by molar-refractivity contribution is 0.128. The van der Waals surface area contributed by atoms with Crippen LogP contribution in [0.4, 0.5) is 14.5 Å². The number of piperazine rings is 1. The molecule has 0 radical (unpaired) electrons. The average Bonchev–Trinajstić information content (AvgIpc) is 2.46. The molecule has 0 atom stereocenters. The van der Waals surface area contributed by atoms with Crippen molar-refractivity contribution in [3.05, 3.63) is 23.8 Å². The van der Waals surface area contributed by atoms with E-state index in [1.165, 1.54) is 12.1 Å². The first-order valence-corrected chi connectivity index (χ1v) is 7.93. The Morgan fingerprint density at radius 2 is 1.57 bits per heavy atom. The molecule has 0 N–H and O–H groups in total. The minimum atomic E-state index is -0.582. The second-order valence-corrected chi connectivity index (χ2v) is 6.72. The Morgan fingerprint density at radius 3 is 2.04 bits per heavy atom. The predicted octanol–water partition coefficient (Wildman–Crippen LogP) is 2.91. The maximum absolute atomic E-state index is 14.3. The molecule has 1 heterocycles. The van der Waals surface area contributed by atoms with Crippen LogP contribution in [0.3, 0.4) is 0 Å². The fourth-order valence-corrected chi connectivity index (χ4v) is 2.77. The molecule has 1 saturated heterocycles. The average molecular weight is 328 g/mol. The van der Waals surface area contributed by atoms with Crippen LogP contribution in [0.1, 0.15) is 20.8 Å². The van der Waals surface area contributed by atoms with E-state index in [4.69, 9.17) is 9.47 Å². The summed E-state index contributed by atoms with van der Waals surface area (Å²) in [6.07, 6.45) is 0. The van der Waals surface area contributed by atoms with Gasteiger partial charge < -0.3 is 14.4 Å². The van der Waals surface area contributed by atoms with Crippen LogP contribution in [-0.2, 0) is 4.74 Å². The molecule has 0 aliphatic carbocycles. The summed E-state index contributed by atoms with van der Waals surface area (Å²) in [4.78, 5) is 4.09. The summed E-state index contributed by atoms with van der Waals surface area (Å²) >= 11 is 0. The molecule has 1 aromatic carbocycles. The topological polar surface area (TPSA) is 24.9 Å². The second kappa shape index (κ2) is 7.45. The van der Waals surface area contributed by atoms with Gasteiger partial charge in [-0.25, -0.2) is 8.78 Å². The van der Waals surface area contributed by atoms with E-state index in [0.717, 1.165) is 13.1 Å². The Bertz CT molecular complexity index is 501. The van der Waals surface area contributed by atoms with Gasteiger partial charge in [0.05, 0.1) is 6.61 Å². The summed E-state index contributed by atoms with van der Waals surface area (Å²) in [5, 5.41) is 0. The highest BCUT2D eigenvalue weighted by Gasteiger charge is 2.28. The molecule has 0 spiro atoms. The first-order valence-electron chi connectivity index (χ1n) is 7.93. The number of methoxy groups -OCH3 is 1. The number of hydrogen-bond donors (Lipinski definition) is 0. The minimum absolute atomic E-state index is 0.0395. The van der Waals surface area contributed by atoms with Crippen LogP contribution in [0.5, 0.6) is 5.75 Å². The van der Waals surface area contributed by atoms with Gasteiger partial charge in [-0.3, -0.25) is 4.90 Å². The lowest BCUT2D eigenvalue weighted by Gasteiger charge is -2.43. The first-order chi connectivity index (χ1) is 10.8. The molecule has 0 unspecified atom stereocenters. The Balaban J connectivity index is 2.06. The molecule has 0 bridgehead atoms. The van der Waals surface area contributed by atoms with Crippen molar-refractivity contribution >= 4 is 5.69 Å². The molecule has 1 fully saturated rings. The van der Waals surface area contributed by atoms with Crippen LogP contribution in [0.25, 0.3) is 0 Å². The van der Waals surface area contributed by atoms with Crippen LogP contribution in [0, 0.1) is 11.6 Å². The molecular weight excluding hydrogens is 302 g/mol. The number of benzene rings is 1. The highest BCUT2D eigenvalue weighted by molar-refractivity contribution is 5.52. The Morgan fingerprint density at radius 1 is 1.00 bits per heavy atom. The van der Waals surface area contributed by atoms with E-state index in [0.29, 0.717) is 19.7 Å². The lowest BCUT2D eigenvalue weighted by Crippen LogP contribution is -2.53. The normalized spacial score (nSPS) is 16.7. The molecule has 0 aromatic heterocycles. The van der Waals surface area contributed by atoms with Gasteiger partial charge in [-0.1, -0.05) is 0 Å². The molecular formula is C17H26F2N2O2. The standard InChI is InChI=1S/C17H26F2N2O2/c1-17(2,3)21-7-5-20(6-8-21)16-14(18)11-13(12-15(16)19)23-10-9-22-4/h11-12H,5-10H2,1-4H3.